The summed E-state index contributed by atoms with van der Waals surface area (Å²) >= 11 is 0. The van der Waals surface area contributed by atoms with Crippen molar-refractivity contribution in [1.82, 2.24) is 9.78 Å². The maximum Gasteiger partial charge on any atom is 0.0745 e. The molecule has 0 bridgehead atoms. The minimum atomic E-state index is 0.0832. The van der Waals surface area contributed by atoms with E-state index in [2.05, 4.69) is 18.9 Å². The normalized spacial score (nSPS) is 15.4. The highest BCUT2D eigenvalue weighted by atomic mass is 16.5. The second-order valence-corrected chi connectivity index (χ2v) is 4.59. The largest absolute Gasteiger partial charge is 0.380 e. The lowest BCUT2D eigenvalue weighted by atomic mass is 9.96. The predicted octanol–water partition coefficient (Wildman–Crippen LogP) is 1.35. The molecule has 1 heterocycles. The molecule has 2 atom stereocenters. The smallest absolute Gasteiger partial charge is 0.0745 e. The van der Waals surface area contributed by atoms with Crippen molar-refractivity contribution < 1.29 is 4.74 Å². The maximum atomic E-state index is 6.14. The molecule has 0 spiro atoms. The first-order valence-corrected chi connectivity index (χ1v) is 5.81. The Morgan fingerprint density at radius 1 is 1.50 bits per heavy atom. The topological polar surface area (TPSA) is 53.1 Å². The number of nitrogens with two attached hydrogens (primary N) is 1. The first kappa shape index (κ1) is 13.2. The van der Waals surface area contributed by atoms with E-state index in [1.807, 2.05) is 24.0 Å². The predicted molar refractivity (Wildman–Crippen MR) is 65.1 cm³/mol. The third kappa shape index (κ3) is 3.32. The van der Waals surface area contributed by atoms with E-state index in [9.17, 15) is 0 Å². The van der Waals surface area contributed by atoms with E-state index in [0.29, 0.717) is 5.92 Å². The van der Waals surface area contributed by atoms with Crippen molar-refractivity contribution in [3.05, 3.63) is 18.0 Å². The van der Waals surface area contributed by atoms with Gasteiger partial charge in [0.2, 0.25) is 0 Å². The Labute approximate surface area is 97.8 Å². The number of ether oxygens (including phenoxy) is 1. The molecule has 92 valence electrons. The third-order valence-corrected chi connectivity index (χ3v) is 3.01. The van der Waals surface area contributed by atoms with E-state index in [-0.39, 0.29) is 12.1 Å². The van der Waals surface area contributed by atoms with Gasteiger partial charge in [-0.15, -0.1) is 0 Å². The summed E-state index contributed by atoms with van der Waals surface area (Å²) in [5, 5.41) is 4.14. The number of methoxy groups -OCH3 is 1. The van der Waals surface area contributed by atoms with Crippen molar-refractivity contribution in [2.24, 2.45) is 18.7 Å². The fraction of sp³-hybridized carbons (Fsp3) is 0.750. The molecule has 2 N–H and O–H groups in total. The summed E-state index contributed by atoms with van der Waals surface area (Å²) < 4.78 is 7.32. The van der Waals surface area contributed by atoms with Crippen molar-refractivity contribution in [1.29, 1.82) is 0 Å². The van der Waals surface area contributed by atoms with E-state index in [0.717, 1.165) is 12.8 Å². The van der Waals surface area contributed by atoms with Crippen molar-refractivity contribution in [2.75, 3.05) is 7.11 Å². The molecule has 1 aromatic heterocycles. The van der Waals surface area contributed by atoms with E-state index in [4.69, 9.17) is 10.5 Å². The van der Waals surface area contributed by atoms with Crippen LogP contribution in [0.15, 0.2) is 12.3 Å². The summed E-state index contributed by atoms with van der Waals surface area (Å²) in [6.07, 6.45) is 3.82. The lowest BCUT2D eigenvalue weighted by molar-refractivity contribution is 0.0418. The molecule has 0 fully saturated rings. The highest BCUT2D eigenvalue weighted by Crippen LogP contribution is 2.13. The highest BCUT2D eigenvalue weighted by molar-refractivity contribution is 5.00. The Hall–Kier alpha value is -0.870. The summed E-state index contributed by atoms with van der Waals surface area (Å²) in [4.78, 5) is 0. The molecule has 0 radical (unpaired) electrons. The fourth-order valence-corrected chi connectivity index (χ4v) is 2.07. The average Bonchev–Trinajstić information content (AvgIpc) is 2.61. The molecule has 4 heteroatoms. The molecule has 4 nitrogen and oxygen atoms in total. The zero-order valence-electron chi connectivity index (χ0n) is 10.7. The zero-order chi connectivity index (χ0) is 12.1. The molecular formula is C12H23N3O. The first-order chi connectivity index (χ1) is 7.56. The zero-order valence-corrected chi connectivity index (χ0v) is 10.7. The van der Waals surface area contributed by atoms with Gasteiger partial charge in [-0.3, -0.25) is 4.68 Å². The van der Waals surface area contributed by atoms with Crippen LogP contribution in [0.4, 0.5) is 0 Å². The van der Waals surface area contributed by atoms with Gasteiger partial charge in [0.15, 0.2) is 0 Å². The van der Waals surface area contributed by atoms with Crippen LogP contribution in [0.25, 0.3) is 0 Å². The van der Waals surface area contributed by atoms with Gasteiger partial charge in [0.25, 0.3) is 0 Å². The Morgan fingerprint density at radius 2 is 2.19 bits per heavy atom. The van der Waals surface area contributed by atoms with E-state index < -0.39 is 0 Å². The van der Waals surface area contributed by atoms with Crippen LogP contribution in [-0.2, 0) is 18.2 Å². The van der Waals surface area contributed by atoms with E-state index in [1.165, 1.54) is 5.69 Å². The van der Waals surface area contributed by atoms with Crippen LogP contribution in [-0.4, -0.2) is 29.0 Å². The Bertz CT molecular complexity index is 309. The van der Waals surface area contributed by atoms with Gasteiger partial charge in [-0.2, -0.15) is 5.10 Å². The number of nitrogens with zero attached hydrogens (tertiary/aromatic N) is 2. The van der Waals surface area contributed by atoms with Gasteiger partial charge < -0.3 is 10.5 Å². The minimum absolute atomic E-state index is 0.0832. The van der Waals surface area contributed by atoms with Gasteiger partial charge >= 0.3 is 0 Å². The van der Waals surface area contributed by atoms with Crippen LogP contribution in [0.2, 0.25) is 0 Å². The van der Waals surface area contributed by atoms with Gasteiger partial charge in [0.05, 0.1) is 6.10 Å². The lowest BCUT2D eigenvalue weighted by Crippen LogP contribution is -2.40. The molecule has 0 aliphatic rings. The Morgan fingerprint density at radius 3 is 2.62 bits per heavy atom. The second-order valence-electron chi connectivity index (χ2n) is 4.59. The van der Waals surface area contributed by atoms with Gasteiger partial charge in [-0.25, -0.2) is 0 Å². The molecule has 0 saturated carbocycles. The Kier molecular flexibility index (Phi) is 4.96. The van der Waals surface area contributed by atoms with Crippen LogP contribution in [0.1, 0.15) is 26.0 Å². The molecule has 0 aliphatic carbocycles. The van der Waals surface area contributed by atoms with Gasteiger partial charge in [0, 0.05) is 32.1 Å². The average molecular weight is 225 g/mol. The minimum Gasteiger partial charge on any atom is -0.380 e. The van der Waals surface area contributed by atoms with Crippen LogP contribution >= 0.6 is 0 Å². The molecule has 0 aliphatic heterocycles. The van der Waals surface area contributed by atoms with Gasteiger partial charge in [-0.1, -0.05) is 13.8 Å². The standard InChI is InChI=1S/C12H23N3O/c1-9(2)12(16-4)11(13)6-5-10-7-8-14-15(10)3/h7-9,11-12H,5-6,13H2,1-4H3. The van der Waals surface area contributed by atoms with Crippen molar-refractivity contribution >= 4 is 0 Å². The number of hydrogen-bond acceptors (Lipinski definition) is 3. The SMILES string of the molecule is COC(C(C)C)C(N)CCc1ccnn1C. The van der Waals surface area contributed by atoms with Crippen LogP contribution in [0, 0.1) is 5.92 Å². The highest BCUT2D eigenvalue weighted by Gasteiger charge is 2.20. The summed E-state index contributed by atoms with van der Waals surface area (Å²) in [6.45, 7) is 4.27. The fourth-order valence-electron chi connectivity index (χ4n) is 2.07. The molecule has 0 aromatic carbocycles. The molecule has 16 heavy (non-hydrogen) atoms. The number of aryl methyl sites for hydroxylation is 2. The Balaban J connectivity index is 2.46. The molecular weight excluding hydrogens is 202 g/mol. The van der Waals surface area contributed by atoms with Gasteiger partial charge in [-0.05, 0) is 24.8 Å². The molecule has 0 saturated heterocycles. The lowest BCUT2D eigenvalue weighted by Gasteiger charge is -2.25. The van der Waals surface area contributed by atoms with Gasteiger partial charge in [0.1, 0.15) is 0 Å². The molecule has 1 rings (SSSR count). The van der Waals surface area contributed by atoms with Crippen molar-refractivity contribution in [3.63, 3.8) is 0 Å². The maximum absolute atomic E-state index is 6.14. The van der Waals surface area contributed by atoms with Crippen molar-refractivity contribution in [2.45, 2.75) is 38.8 Å². The quantitative estimate of drug-likeness (QED) is 0.795. The van der Waals surface area contributed by atoms with Crippen LogP contribution in [0.3, 0.4) is 0 Å². The summed E-state index contributed by atoms with van der Waals surface area (Å²) in [5.41, 5.74) is 7.36. The van der Waals surface area contributed by atoms with Crippen molar-refractivity contribution in [3.8, 4) is 0 Å². The monoisotopic (exact) mass is 225 g/mol. The summed E-state index contributed by atoms with van der Waals surface area (Å²) in [5.74, 6) is 0.450. The molecule has 2 unspecified atom stereocenters. The molecule has 1 aromatic rings. The van der Waals surface area contributed by atoms with E-state index >= 15 is 0 Å². The summed E-state index contributed by atoms with van der Waals surface area (Å²) in [7, 11) is 3.69. The second kappa shape index (κ2) is 6.01. The molecule has 0 amide bonds. The summed E-state index contributed by atoms with van der Waals surface area (Å²) in [6, 6.07) is 2.11. The van der Waals surface area contributed by atoms with Crippen LogP contribution in [0.5, 0.6) is 0 Å². The van der Waals surface area contributed by atoms with Crippen LogP contribution < -0.4 is 5.73 Å². The number of aromatic nitrogens is 2. The third-order valence-electron chi connectivity index (χ3n) is 3.01. The number of rotatable bonds is 6. The first-order valence-electron chi connectivity index (χ1n) is 5.81. The number of hydrogen-bond donors (Lipinski definition) is 1. The van der Waals surface area contributed by atoms with E-state index in [1.54, 1.807) is 7.11 Å².